The highest BCUT2D eigenvalue weighted by Crippen LogP contribution is 2.37. The Balaban J connectivity index is 2.32. The van der Waals surface area contributed by atoms with Crippen LogP contribution in [0.1, 0.15) is 47.7 Å². The summed E-state index contributed by atoms with van der Waals surface area (Å²) in [4.78, 5) is 36.5. The van der Waals surface area contributed by atoms with E-state index >= 15 is 0 Å². The molecule has 0 bridgehead atoms. The van der Waals surface area contributed by atoms with Gasteiger partial charge in [-0.15, -0.1) is 0 Å². The van der Waals surface area contributed by atoms with Crippen LogP contribution in [0.5, 0.6) is 5.75 Å². The summed E-state index contributed by atoms with van der Waals surface area (Å²) in [6, 6.07) is 13.4. The summed E-state index contributed by atoms with van der Waals surface area (Å²) >= 11 is 0. The molecule has 1 unspecified atom stereocenters. The third kappa shape index (κ3) is 3.16. The lowest BCUT2D eigenvalue weighted by molar-refractivity contribution is -0.117. The van der Waals surface area contributed by atoms with E-state index in [1.807, 2.05) is 0 Å². The average molecular weight is 350 g/mol. The number of fused-ring (bicyclic) bond motifs is 1. The van der Waals surface area contributed by atoms with Crippen molar-refractivity contribution in [2.75, 3.05) is 0 Å². The molecule has 2 aromatic carbocycles. The molecule has 1 aromatic heterocycles. The van der Waals surface area contributed by atoms with Gasteiger partial charge in [-0.25, -0.2) is 4.79 Å². The first-order valence-corrected chi connectivity index (χ1v) is 8.24. The maximum Gasteiger partial charge on any atom is 0.343 e. The first kappa shape index (κ1) is 17.6. The number of aromatic hydroxyl groups is 1. The zero-order valence-corrected chi connectivity index (χ0v) is 14.5. The molecule has 0 spiro atoms. The van der Waals surface area contributed by atoms with Crippen LogP contribution in [0.2, 0.25) is 0 Å². The van der Waals surface area contributed by atoms with Crippen LogP contribution < -0.4 is 5.63 Å². The standard InChI is InChI=1S/C21H18O5/c1-12(22)11-17(15-8-4-3-7-14(15)13(2)23)19-20(24)16-9-5-6-10-18(16)26-21(19)25/h3-10,17,24H,11H2,1-2H3. The molecule has 3 aromatic rings. The van der Waals surface area contributed by atoms with Crippen LogP contribution in [0.4, 0.5) is 0 Å². The van der Waals surface area contributed by atoms with Crippen molar-refractivity contribution in [2.45, 2.75) is 26.2 Å². The number of benzene rings is 2. The second-order valence-corrected chi connectivity index (χ2v) is 6.25. The Morgan fingerprint density at radius 3 is 2.38 bits per heavy atom. The lowest BCUT2D eigenvalue weighted by atomic mass is 9.83. The van der Waals surface area contributed by atoms with Crippen LogP contribution in [0.25, 0.3) is 11.0 Å². The van der Waals surface area contributed by atoms with E-state index in [4.69, 9.17) is 4.42 Å². The van der Waals surface area contributed by atoms with Gasteiger partial charge in [0.15, 0.2) is 5.78 Å². The molecule has 0 amide bonds. The van der Waals surface area contributed by atoms with E-state index in [1.165, 1.54) is 13.8 Å². The Labute approximate surface area is 149 Å². The fraction of sp³-hybridized carbons (Fsp3) is 0.190. The summed E-state index contributed by atoms with van der Waals surface area (Å²) in [6.07, 6.45) is -0.0268. The van der Waals surface area contributed by atoms with Gasteiger partial charge in [0.2, 0.25) is 0 Å². The number of hydrogen-bond donors (Lipinski definition) is 1. The number of carbonyl (C=O) groups is 2. The predicted octanol–water partition coefficient (Wildman–Crippen LogP) is 3.81. The van der Waals surface area contributed by atoms with E-state index in [2.05, 4.69) is 0 Å². The fourth-order valence-corrected chi connectivity index (χ4v) is 3.23. The number of ketones is 2. The third-order valence-electron chi connectivity index (χ3n) is 4.38. The van der Waals surface area contributed by atoms with Crippen molar-refractivity contribution in [3.05, 3.63) is 75.6 Å². The van der Waals surface area contributed by atoms with Crippen molar-refractivity contribution in [3.63, 3.8) is 0 Å². The molecule has 1 N–H and O–H groups in total. The summed E-state index contributed by atoms with van der Waals surface area (Å²) in [5, 5.41) is 11.1. The Morgan fingerprint density at radius 2 is 1.69 bits per heavy atom. The summed E-state index contributed by atoms with van der Waals surface area (Å²) < 4.78 is 5.35. The summed E-state index contributed by atoms with van der Waals surface area (Å²) in [5.74, 6) is -1.34. The topological polar surface area (TPSA) is 84.6 Å². The number of Topliss-reactive ketones (excluding diaryl/α,β-unsaturated/α-hetero) is 2. The maximum absolute atomic E-state index is 12.6. The molecule has 5 nitrogen and oxygen atoms in total. The molecule has 1 atom stereocenters. The minimum atomic E-state index is -0.770. The van der Waals surface area contributed by atoms with Crippen LogP contribution in [0, 0.1) is 0 Å². The third-order valence-corrected chi connectivity index (χ3v) is 4.38. The van der Waals surface area contributed by atoms with Gasteiger partial charge in [0.1, 0.15) is 17.1 Å². The smallest absolute Gasteiger partial charge is 0.343 e. The highest BCUT2D eigenvalue weighted by atomic mass is 16.4. The minimum absolute atomic E-state index is 0.00685. The molecule has 3 rings (SSSR count). The van der Waals surface area contributed by atoms with Gasteiger partial charge < -0.3 is 9.52 Å². The lowest BCUT2D eigenvalue weighted by Gasteiger charge is -2.19. The molecule has 1 heterocycles. The molecule has 0 aliphatic carbocycles. The van der Waals surface area contributed by atoms with Gasteiger partial charge in [0.25, 0.3) is 0 Å². The molecule has 0 radical (unpaired) electrons. The molecule has 0 saturated carbocycles. The van der Waals surface area contributed by atoms with Crippen LogP contribution >= 0.6 is 0 Å². The number of para-hydroxylation sites is 1. The average Bonchev–Trinajstić information content (AvgIpc) is 2.60. The minimum Gasteiger partial charge on any atom is -0.507 e. The molecule has 0 aliphatic rings. The van der Waals surface area contributed by atoms with E-state index in [0.29, 0.717) is 16.5 Å². The van der Waals surface area contributed by atoms with Gasteiger partial charge in [-0.2, -0.15) is 0 Å². The first-order chi connectivity index (χ1) is 12.4. The fourth-order valence-electron chi connectivity index (χ4n) is 3.23. The zero-order chi connectivity index (χ0) is 18.8. The number of hydrogen-bond acceptors (Lipinski definition) is 5. The molecule has 5 heteroatoms. The van der Waals surface area contributed by atoms with Gasteiger partial charge in [-0.1, -0.05) is 36.4 Å². The van der Waals surface area contributed by atoms with Crippen molar-refractivity contribution >= 4 is 22.5 Å². The van der Waals surface area contributed by atoms with Crippen molar-refractivity contribution in [1.82, 2.24) is 0 Å². The molecule has 0 saturated heterocycles. The molecular formula is C21H18O5. The van der Waals surface area contributed by atoms with Crippen molar-refractivity contribution < 1.29 is 19.1 Å². The van der Waals surface area contributed by atoms with E-state index in [1.54, 1.807) is 48.5 Å². The van der Waals surface area contributed by atoms with Crippen LogP contribution in [-0.2, 0) is 4.79 Å². The summed E-state index contributed by atoms with van der Waals surface area (Å²) in [6.45, 7) is 2.83. The first-order valence-electron chi connectivity index (χ1n) is 8.24. The molecule has 26 heavy (non-hydrogen) atoms. The number of rotatable bonds is 5. The molecule has 0 fully saturated rings. The van der Waals surface area contributed by atoms with Gasteiger partial charge in [0, 0.05) is 17.9 Å². The normalized spacial score (nSPS) is 12.1. The van der Waals surface area contributed by atoms with Crippen LogP contribution in [0.3, 0.4) is 0 Å². The van der Waals surface area contributed by atoms with Gasteiger partial charge in [0.05, 0.1) is 10.9 Å². The van der Waals surface area contributed by atoms with Crippen LogP contribution in [-0.4, -0.2) is 16.7 Å². The van der Waals surface area contributed by atoms with E-state index < -0.39 is 11.5 Å². The number of carbonyl (C=O) groups excluding carboxylic acids is 2. The Hall–Kier alpha value is -3.21. The second kappa shape index (κ2) is 6.96. The van der Waals surface area contributed by atoms with E-state index in [9.17, 15) is 19.5 Å². The summed E-state index contributed by atoms with van der Waals surface area (Å²) in [7, 11) is 0. The Bertz CT molecular complexity index is 1060. The van der Waals surface area contributed by atoms with E-state index in [-0.39, 0.29) is 34.9 Å². The maximum atomic E-state index is 12.6. The lowest BCUT2D eigenvalue weighted by Crippen LogP contribution is -2.18. The molecular weight excluding hydrogens is 332 g/mol. The van der Waals surface area contributed by atoms with Gasteiger partial charge >= 0.3 is 5.63 Å². The van der Waals surface area contributed by atoms with Crippen LogP contribution in [0.15, 0.2) is 57.7 Å². The highest BCUT2D eigenvalue weighted by molar-refractivity contribution is 5.96. The SMILES string of the molecule is CC(=O)CC(c1ccccc1C(C)=O)c1c(O)c2ccccc2oc1=O. The molecule has 132 valence electrons. The Morgan fingerprint density at radius 1 is 1.04 bits per heavy atom. The largest absolute Gasteiger partial charge is 0.507 e. The van der Waals surface area contributed by atoms with Crippen molar-refractivity contribution in [1.29, 1.82) is 0 Å². The molecule has 0 aliphatic heterocycles. The van der Waals surface area contributed by atoms with Crippen molar-refractivity contribution in [3.8, 4) is 5.75 Å². The van der Waals surface area contributed by atoms with Gasteiger partial charge in [-0.05, 0) is 31.5 Å². The van der Waals surface area contributed by atoms with Crippen molar-refractivity contribution in [2.24, 2.45) is 0 Å². The second-order valence-electron chi connectivity index (χ2n) is 6.25. The highest BCUT2D eigenvalue weighted by Gasteiger charge is 2.28. The predicted molar refractivity (Wildman–Crippen MR) is 97.7 cm³/mol. The Kier molecular flexibility index (Phi) is 4.71. The summed E-state index contributed by atoms with van der Waals surface area (Å²) in [5.41, 5.74) is 0.470. The monoisotopic (exact) mass is 350 g/mol. The van der Waals surface area contributed by atoms with E-state index in [0.717, 1.165) is 0 Å². The van der Waals surface area contributed by atoms with Gasteiger partial charge in [-0.3, -0.25) is 9.59 Å². The quantitative estimate of drug-likeness (QED) is 0.559. The zero-order valence-electron chi connectivity index (χ0n) is 14.5.